The van der Waals surface area contributed by atoms with E-state index in [0.29, 0.717) is 17.3 Å². The lowest BCUT2D eigenvalue weighted by Crippen LogP contribution is -3.00. The highest BCUT2D eigenvalue weighted by molar-refractivity contribution is 7.22. The van der Waals surface area contributed by atoms with Crippen molar-refractivity contribution in [2.45, 2.75) is 20.3 Å². The first-order chi connectivity index (χ1) is 13.8. The summed E-state index contributed by atoms with van der Waals surface area (Å²) in [6, 6.07) is 11.2. The van der Waals surface area contributed by atoms with Crippen LogP contribution >= 0.6 is 22.9 Å². The maximum atomic E-state index is 13.0. The molecule has 30 heavy (non-hydrogen) atoms. The smallest absolute Gasteiger partial charge is 0.266 e. The number of rotatable bonds is 8. The zero-order chi connectivity index (χ0) is 21.0. The van der Waals surface area contributed by atoms with Crippen LogP contribution in [-0.4, -0.2) is 49.6 Å². The monoisotopic (exact) mass is 466 g/mol. The van der Waals surface area contributed by atoms with E-state index in [1.807, 2.05) is 14.1 Å². The fourth-order valence-corrected chi connectivity index (χ4v) is 4.29. The minimum absolute atomic E-state index is 0. The van der Waals surface area contributed by atoms with Crippen LogP contribution in [0.1, 0.15) is 17.5 Å². The van der Waals surface area contributed by atoms with Gasteiger partial charge < -0.3 is 22.0 Å². The minimum Gasteiger partial charge on any atom is -1.00 e. The maximum absolute atomic E-state index is 13.0. The Bertz CT molecular complexity index is 990. The molecule has 162 valence electrons. The number of thiazole rings is 1. The fourth-order valence-electron chi connectivity index (χ4n) is 3.11. The topological polar surface area (TPSA) is 45.7 Å². The van der Waals surface area contributed by atoms with Gasteiger partial charge in [0.05, 0.1) is 10.2 Å². The molecule has 0 unspecified atom stereocenters. The Hall–Kier alpha value is -1.86. The van der Waals surface area contributed by atoms with Crippen molar-refractivity contribution in [1.82, 2.24) is 9.88 Å². The molecule has 0 aliphatic rings. The Morgan fingerprint density at radius 3 is 2.50 bits per heavy atom. The summed E-state index contributed by atoms with van der Waals surface area (Å²) >= 11 is 7.47. The number of halogens is 2. The molecule has 0 saturated heterocycles. The highest BCUT2D eigenvalue weighted by Gasteiger charge is 2.21. The Morgan fingerprint density at radius 2 is 1.83 bits per heavy atom. The molecular weight excluding hydrogens is 441 g/mol. The number of fused-ring (bicyclic) bond motifs is 1. The summed E-state index contributed by atoms with van der Waals surface area (Å²) in [7, 11) is 4.05. The van der Waals surface area contributed by atoms with E-state index in [1.165, 1.54) is 11.1 Å². The lowest BCUT2D eigenvalue weighted by molar-refractivity contribution is -0.120. The summed E-state index contributed by atoms with van der Waals surface area (Å²) in [6.07, 6.45) is 0.855. The summed E-state index contributed by atoms with van der Waals surface area (Å²) in [5, 5.41) is 1.35. The van der Waals surface area contributed by atoms with Gasteiger partial charge >= 0.3 is 0 Å². The largest absolute Gasteiger partial charge is 1.00 e. The minimum atomic E-state index is -0.105. The van der Waals surface area contributed by atoms with E-state index in [0.717, 1.165) is 28.3 Å². The maximum Gasteiger partial charge on any atom is 0.266 e. The van der Waals surface area contributed by atoms with Gasteiger partial charge in [0.2, 0.25) is 0 Å². The lowest BCUT2D eigenvalue weighted by Gasteiger charge is -2.21. The number of carbonyl (C=O) groups excluding carboxylic acids is 1. The molecule has 0 N–H and O–H groups in total. The van der Waals surface area contributed by atoms with Crippen LogP contribution in [0.5, 0.6) is 5.75 Å². The van der Waals surface area contributed by atoms with Crippen LogP contribution in [-0.2, 0) is 4.79 Å². The van der Waals surface area contributed by atoms with Crippen molar-refractivity contribution in [2.24, 2.45) is 0 Å². The Balaban J connectivity index is 0.00000320. The number of amides is 1. The van der Waals surface area contributed by atoms with E-state index in [1.54, 1.807) is 40.5 Å². The molecule has 0 radical (unpaired) electrons. The standard InChI is InChI=1S/C22H26ClN3O2S.ClH/c1-15-12-16(2)21-19(13-15)24-22(29-21)26(11-5-10-25(3)4)20(27)14-28-18-8-6-17(23)7-9-18;/h6-9,12-13H,5,10-11,14H2,1-4H3;1H/p-1. The molecule has 0 fully saturated rings. The predicted octanol–water partition coefficient (Wildman–Crippen LogP) is 1.93. The number of anilines is 1. The van der Waals surface area contributed by atoms with E-state index >= 15 is 0 Å². The van der Waals surface area contributed by atoms with E-state index in [2.05, 4.69) is 30.9 Å². The van der Waals surface area contributed by atoms with Crippen LogP contribution in [0.15, 0.2) is 36.4 Å². The fraction of sp³-hybridized carbons (Fsp3) is 0.364. The van der Waals surface area contributed by atoms with Gasteiger partial charge in [0.25, 0.3) is 5.91 Å². The van der Waals surface area contributed by atoms with Crippen LogP contribution < -0.4 is 22.0 Å². The summed E-state index contributed by atoms with van der Waals surface area (Å²) in [6.45, 7) is 5.59. The molecule has 1 aromatic heterocycles. The molecule has 0 bridgehead atoms. The highest BCUT2D eigenvalue weighted by atomic mass is 35.5. The van der Waals surface area contributed by atoms with Crippen LogP contribution in [0.3, 0.4) is 0 Å². The van der Waals surface area contributed by atoms with Gasteiger partial charge in [-0.25, -0.2) is 4.98 Å². The van der Waals surface area contributed by atoms with Gasteiger partial charge in [-0.2, -0.15) is 0 Å². The average Bonchev–Trinajstić information content (AvgIpc) is 3.08. The molecule has 2 aromatic carbocycles. The number of hydrogen-bond acceptors (Lipinski definition) is 5. The number of hydrogen-bond donors (Lipinski definition) is 0. The predicted molar refractivity (Wildman–Crippen MR) is 122 cm³/mol. The SMILES string of the molecule is Cc1cc(C)c2sc(N(CCCN(C)C)C(=O)COc3ccc(Cl)cc3)nc2c1.[Cl-]. The molecule has 3 rings (SSSR count). The van der Waals surface area contributed by atoms with E-state index in [4.69, 9.17) is 21.3 Å². The van der Waals surface area contributed by atoms with Crippen molar-refractivity contribution in [3.8, 4) is 5.75 Å². The molecule has 0 aliphatic heterocycles. The first-order valence-electron chi connectivity index (χ1n) is 9.55. The third-order valence-corrected chi connectivity index (χ3v) is 5.99. The van der Waals surface area contributed by atoms with E-state index < -0.39 is 0 Å². The molecule has 0 spiro atoms. The highest BCUT2D eigenvalue weighted by Crippen LogP contribution is 2.32. The Kier molecular flexibility index (Phi) is 8.92. The first-order valence-corrected chi connectivity index (χ1v) is 10.7. The Labute approximate surface area is 193 Å². The number of benzene rings is 2. The molecule has 1 heterocycles. The second kappa shape index (κ2) is 11.0. The normalized spacial score (nSPS) is 10.9. The zero-order valence-corrected chi connectivity index (χ0v) is 19.9. The van der Waals surface area contributed by atoms with Crippen LogP contribution in [0.2, 0.25) is 5.02 Å². The van der Waals surface area contributed by atoms with Gasteiger partial charge in [0.1, 0.15) is 5.75 Å². The third kappa shape index (κ3) is 6.32. The third-order valence-electron chi connectivity index (χ3n) is 4.50. The molecule has 1 amide bonds. The molecular formula is C22H26Cl2N3O2S-. The number of aryl methyl sites for hydroxylation is 2. The summed E-state index contributed by atoms with van der Waals surface area (Å²) < 4.78 is 6.81. The van der Waals surface area contributed by atoms with Gasteiger partial charge in [-0.1, -0.05) is 29.0 Å². The van der Waals surface area contributed by atoms with Crippen molar-refractivity contribution >= 4 is 44.2 Å². The van der Waals surface area contributed by atoms with Crippen LogP contribution in [0.4, 0.5) is 5.13 Å². The van der Waals surface area contributed by atoms with Crippen LogP contribution in [0.25, 0.3) is 10.2 Å². The molecule has 0 aliphatic carbocycles. The van der Waals surface area contributed by atoms with Crippen molar-refractivity contribution in [3.63, 3.8) is 0 Å². The van der Waals surface area contributed by atoms with Crippen molar-refractivity contribution in [1.29, 1.82) is 0 Å². The number of carbonyl (C=O) groups is 1. The van der Waals surface area contributed by atoms with Crippen molar-refractivity contribution in [3.05, 3.63) is 52.5 Å². The second-order valence-corrected chi connectivity index (χ2v) is 8.79. The molecule has 0 saturated carbocycles. The molecule has 0 atom stereocenters. The van der Waals surface area contributed by atoms with Gasteiger partial charge in [-0.05, 0) is 82.4 Å². The number of nitrogens with zero attached hydrogens (tertiary/aromatic N) is 3. The molecule has 5 nitrogen and oxygen atoms in total. The quantitative estimate of drug-likeness (QED) is 0.508. The van der Waals surface area contributed by atoms with Gasteiger partial charge in [-0.3, -0.25) is 9.69 Å². The van der Waals surface area contributed by atoms with E-state index in [-0.39, 0.29) is 24.9 Å². The van der Waals surface area contributed by atoms with Gasteiger partial charge in [0.15, 0.2) is 11.7 Å². The summed E-state index contributed by atoms with van der Waals surface area (Å²) in [4.78, 5) is 21.6. The zero-order valence-electron chi connectivity index (χ0n) is 17.6. The summed E-state index contributed by atoms with van der Waals surface area (Å²) in [5.74, 6) is 0.513. The number of aromatic nitrogens is 1. The van der Waals surface area contributed by atoms with Crippen LogP contribution in [0, 0.1) is 13.8 Å². The lowest BCUT2D eigenvalue weighted by atomic mass is 10.1. The van der Waals surface area contributed by atoms with E-state index in [9.17, 15) is 4.79 Å². The van der Waals surface area contributed by atoms with Gasteiger partial charge in [0, 0.05) is 11.6 Å². The second-order valence-electron chi connectivity index (χ2n) is 7.37. The number of ether oxygens (including phenoxy) is 1. The Morgan fingerprint density at radius 1 is 1.13 bits per heavy atom. The van der Waals surface area contributed by atoms with Gasteiger partial charge in [-0.15, -0.1) is 0 Å². The summed E-state index contributed by atoms with van der Waals surface area (Å²) in [5.41, 5.74) is 3.29. The first kappa shape index (κ1) is 24.4. The van der Waals surface area contributed by atoms with Crippen molar-refractivity contribution in [2.75, 3.05) is 38.7 Å². The molecule has 8 heteroatoms. The van der Waals surface area contributed by atoms with Crippen molar-refractivity contribution < 1.29 is 21.9 Å². The molecule has 3 aromatic rings. The average molecular weight is 467 g/mol.